The third kappa shape index (κ3) is 3.38. The molecule has 1 aliphatic carbocycles. The monoisotopic (exact) mass is 433 g/mol. The van der Waals surface area contributed by atoms with Crippen LogP contribution in [-0.2, 0) is 0 Å². The summed E-state index contributed by atoms with van der Waals surface area (Å²) in [5.41, 5.74) is 4.05. The number of fused-ring (bicyclic) bond motifs is 1. The van der Waals surface area contributed by atoms with Gasteiger partial charge in [-0.05, 0) is 45.0 Å². The number of aromatic nitrogens is 5. The van der Waals surface area contributed by atoms with Crippen LogP contribution in [0.1, 0.15) is 30.1 Å². The molecule has 0 unspecified atom stereocenters. The summed E-state index contributed by atoms with van der Waals surface area (Å²) in [5.74, 6) is -0.401. The summed E-state index contributed by atoms with van der Waals surface area (Å²) in [6.45, 7) is 2.06. The summed E-state index contributed by atoms with van der Waals surface area (Å²) in [6, 6.07) is 8.00. The molecule has 1 fully saturated rings. The highest BCUT2D eigenvalue weighted by molar-refractivity contribution is 7.99. The van der Waals surface area contributed by atoms with Crippen LogP contribution in [0.3, 0.4) is 0 Å². The summed E-state index contributed by atoms with van der Waals surface area (Å²) < 4.78 is 18.0. The molecule has 1 N–H and O–H groups in total. The van der Waals surface area contributed by atoms with Gasteiger partial charge in [0.2, 0.25) is 0 Å². The number of hydrogen-bond acceptors (Lipinski definition) is 6. The third-order valence-electron chi connectivity index (χ3n) is 5.85. The minimum Gasteiger partial charge on any atom is -0.317 e. The van der Waals surface area contributed by atoms with E-state index in [1.165, 1.54) is 24.0 Å². The smallest absolute Gasteiger partial charge is 0.155 e. The number of nitrogens with zero attached hydrogens (tertiary/aromatic N) is 6. The van der Waals surface area contributed by atoms with Crippen LogP contribution in [0, 0.1) is 24.1 Å². The van der Waals surface area contributed by atoms with E-state index >= 15 is 0 Å². The molecule has 31 heavy (non-hydrogen) atoms. The Kier molecular flexibility index (Phi) is 4.96. The largest absolute Gasteiger partial charge is 0.317 e. The van der Waals surface area contributed by atoms with Gasteiger partial charge in [0.05, 0.1) is 29.5 Å². The van der Waals surface area contributed by atoms with Crippen LogP contribution in [0.2, 0.25) is 0 Å². The lowest BCUT2D eigenvalue weighted by Crippen LogP contribution is -2.40. The standard InChI is InChI=1S/C22H20FN7S/c1-13-18(11-28-30(13)17-7-16(8-17)25-2)14-6-20(31-22-19(23)4-3-5-26-22)21-15(9-24)10-27-29(21)12-14/h3-6,10-12,16-17,25H,7-8H2,1-2H3. The molecule has 0 bridgehead atoms. The fourth-order valence-corrected chi connectivity index (χ4v) is 5.01. The van der Waals surface area contributed by atoms with Crippen LogP contribution in [0.25, 0.3) is 16.6 Å². The van der Waals surface area contributed by atoms with Crippen molar-refractivity contribution in [2.75, 3.05) is 7.05 Å². The minimum absolute atomic E-state index is 0.256. The van der Waals surface area contributed by atoms with E-state index in [0.717, 1.165) is 34.6 Å². The van der Waals surface area contributed by atoms with Gasteiger partial charge in [-0.25, -0.2) is 13.9 Å². The van der Waals surface area contributed by atoms with Gasteiger partial charge in [-0.3, -0.25) is 4.68 Å². The zero-order valence-electron chi connectivity index (χ0n) is 17.1. The molecule has 4 heterocycles. The van der Waals surface area contributed by atoms with Crippen molar-refractivity contribution in [3.8, 4) is 17.2 Å². The fourth-order valence-electron chi connectivity index (χ4n) is 4.04. The predicted molar refractivity (Wildman–Crippen MR) is 115 cm³/mol. The lowest BCUT2D eigenvalue weighted by atomic mass is 9.87. The fraction of sp³-hybridized carbons (Fsp3) is 0.273. The highest BCUT2D eigenvalue weighted by Gasteiger charge is 2.31. The van der Waals surface area contributed by atoms with Gasteiger partial charge in [0.15, 0.2) is 5.82 Å². The Hall–Kier alpha value is -3.22. The molecule has 1 saturated carbocycles. The molecule has 0 spiro atoms. The zero-order valence-corrected chi connectivity index (χ0v) is 17.9. The molecule has 0 saturated heterocycles. The minimum atomic E-state index is -0.401. The quantitative estimate of drug-likeness (QED) is 0.512. The molecule has 0 radical (unpaired) electrons. The van der Waals surface area contributed by atoms with Crippen molar-refractivity contribution in [2.45, 2.75) is 41.8 Å². The zero-order chi connectivity index (χ0) is 21.5. The molecule has 0 aromatic carbocycles. The first kappa shape index (κ1) is 19.7. The molecule has 156 valence electrons. The molecule has 4 aromatic heterocycles. The molecule has 9 heteroatoms. The summed E-state index contributed by atoms with van der Waals surface area (Å²) in [7, 11) is 1.99. The number of pyridine rings is 2. The van der Waals surface area contributed by atoms with E-state index in [0.29, 0.717) is 23.2 Å². The van der Waals surface area contributed by atoms with Gasteiger partial charge in [-0.2, -0.15) is 15.5 Å². The number of halogens is 1. The first-order valence-electron chi connectivity index (χ1n) is 10.0. The SMILES string of the molecule is CNC1CC(n2ncc(-c3cc(Sc4ncccc4F)c4c(C#N)cnn4c3)c2C)C1. The van der Waals surface area contributed by atoms with E-state index in [1.807, 2.05) is 25.5 Å². The molecule has 5 rings (SSSR count). The van der Waals surface area contributed by atoms with Crippen molar-refractivity contribution in [3.63, 3.8) is 0 Å². The van der Waals surface area contributed by atoms with Gasteiger partial charge in [0.25, 0.3) is 0 Å². The summed E-state index contributed by atoms with van der Waals surface area (Å²) >= 11 is 1.19. The second-order valence-corrected chi connectivity index (χ2v) is 8.68. The van der Waals surface area contributed by atoms with E-state index in [1.54, 1.807) is 16.8 Å². The maximum atomic E-state index is 14.3. The molecule has 0 amide bonds. The Morgan fingerprint density at radius 1 is 1.29 bits per heavy atom. The predicted octanol–water partition coefficient (Wildman–Crippen LogP) is 3.99. The van der Waals surface area contributed by atoms with Crippen LogP contribution in [0.5, 0.6) is 0 Å². The third-order valence-corrected chi connectivity index (χ3v) is 6.88. The maximum Gasteiger partial charge on any atom is 0.155 e. The molecule has 0 aliphatic heterocycles. The Morgan fingerprint density at radius 3 is 2.87 bits per heavy atom. The van der Waals surface area contributed by atoms with E-state index in [-0.39, 0.29) is 5.03 Å². The van der Waals surface area contributed by atoms with E-state index in [2.05, 4.69) is 38.2 Å². The van der Waals surface area contributed by atoms with Crippen molar-refractivity contribution in [1.29, 1.82) is 5.26 Å². The lowest BCUT2D eigenvalue weighted by Gasteiger charge is -2.35. The molecular formula is C22H20FN7S. The molecule has 1 aliphatic rings. The van der Waals surface area contributed by atoms with E-state index in [4.69, 9.17) is 0 Å². The van der Waals surface area contributed by atoms with Crippen molar-refractivity contribution in [2.24, 2.45) is 0 Å². The van der Waals surface area contributed by atoms with Crippen molar-refractivity contribution < 1.29 is 4.39 Å². The molecular weight excluding hydrogens is 413 g/mol. The first-order valence-corrected chi connectivity index (χ1v) is 10.8. The average Bonchev–Trinajstić information content (AvgIpc) is 3.33. The normalized spacial score (nSPS) is 18.1. The van der Waals surface area contributed by atoms with Gasteiger partial charge in [0, 0.05) is 40.2 Å². The Morgan fingerprint density at radius 2 is 2.13 bits per heavy atom. The van der Waals surface area contributed by atoms with Gasteiger partial charge >= 0.3 is 0 Å². The van der Waals surface area contributed by atoms with Gasteiger partial charge < -0.3 is 5.32 Å². The lowest BCUT2D eigenvalue weighted by molar-refractivity contribution is 0.217. The first-order chi connectivity index (χ1) is 15.1. The number of rotatable bonds is 5. The van der Waals surface area contributed by atoms with Crippen LogP contribution < -0.4 is 5.32 Å². The molecule has 0 atom stereocenters. The highest BCUT2D eigenvalue weighted by Crippen LogP contribution is 2.38. The average molecular weight is 434 g/mol. The van der Waals surface area contributed by atoms with Crippen LogP contribution in [0.15, 0.2) is 52.9 Å². The number of hydrogen-bond donors (Lipinski definition) is 1. The van der Waals surface area contributed by atoms with E-state index < -0.39 is 5.82 Å². The Bertz CT molecular complexity index is 1310. The molecule has 7 nitrogen and oxygen atoms in total. The maximum absolute atomic E-state index is 14.3. The van der Waals surface area contributed by atoms with Crippen LogP contribution in [0.4, 0.5) is 4.39 Å². The van der Waals surface area contributed by atoms with Crippen LogP contribution >= 0.6 is 11.8 Å². The Balaban J connectivity index is 1.59. The number of nitriles is 1. The van der Waals surface area contributed by atoms with Gasteiger partial charge in [-0.15, -0.1) is 0 Å². The highest BCUT2D eigenvalue weighted by atomic mass is 32.2. The number of nitrogens with one attached hydrogen (secondary N) is 1. The van der Waals surface area contributed by atoms with Crippen molar-refractivity contribution >= 4 is 17.3 Å². The second kappa shape index (κ2) is 7.80. The van der Waals surface area contributed by atoms with Crippen molar-refractivity contribution in [1.82, 2.24) is 29.7 Å². The Labute approximate surface area is 182 Å². The van der Waals surface area contributed by atoms with Crippen molar-refractivity contribution in [3.05, 3.63) is 60.1 Å². The van der Waals surface area contributed by atoms with E-state index in [9.17, 15) is 9.65 Å². The van der Waals surface area contributed by atoms with Gasteiger partial charge in [0.1, 0.15) is 11.1 Å². The van der Waals surface area contributed by atoms with Crippen LogP contribution in [-0.4, -0.2) is 37.5 Å². The summed E-state index contributed by atoms with van der Waals surface area (Å²) in [5, 5.41) is 22.1. The summed E-state index contributed by atoms with van der Waals surface area (Å²) in [6.07, 6.45) is 8.96. The van der Waals surface area contributed by atoms with Gasteiger partial charge in [-0.1, -0.05) is 11.8 Å². The summed E-state index contributed by atoms with van der Waals surface area (Å²) in [4.78, 5) is 4.87. The topological polar surface area (TPSA) is 83.8 Å². The molecule has 4 aromatic rings. The second-order valence-electron chi connectivity index (χ2n) is 7.65.